The number of benzene rings is 2. The molecule has 1 aliphatic rings. The number of rotatable bonds is 6. The zero-order chi connectivity index (χ0) is 23.5. The molecule has 3 rings (SSSR count). The molecule has 172 valence electrons. The van der Waals surface area contributed by atoms with E-state index in [0.717, 1.165) is 24.2 Å². The molecule has 0 radical (unpaired) electrons. The van der Waals surface area contributed by atoms with E-state index in [1.54, 1.807) is 22.6 Å². The van der Waals surface area contributed by atoms with Gasteiger partial charge in [-0.1, -0.05) is 44.5 Å². The summed E-state index contributed by atoms with van der Waals surface area (Å²) in [6, 6.07) is 13.6. The van der Waals surface area contributed by atoms with Crippen molar-refractivity contribution in [1.82, 2.24) is 4.90 Å². The maximum atomic E-state index is 12.9. The minimum atomic E-state index is -0.520. The second kappa shape index (κ2) is 10.2. The van der Waals surface area contributed by atoms with Gasteiger partial charge in [-0.05, 0) is 68.0 Å². The topological polar surface area (TPSA) is 55.8 Å². The Morgan fingerprint density at radius 2 is 1.94 bits per heavy atom. The lowest BCUT2D eigenvalue weighted by atomic mass is 9.84. The number of amides is 1. The van der Waals surface area contributed by atoms with Crippen molar-refractivity contribution in [3.63, 3.8) is 0 Å². The zero-order valence-corrected chi connectivity index (χ0v) is 21.6. The second-order valence-corrected chi connectivity index (χ2v) is 10.4. The Morgan fingerprint density at radius 3 is 2.59 bits per heavy atom. The minimum absolute atomic E-state index is 0.0148. The molecule has 2 aromatic carbocycles. The van der Waals surface area contributed by atoms with Gasteiger partial charge in [-0.25, -0.2) is 4.79 Å². The van der Waals surface area contributed by atoms with Crippen LogP contribution >= 0.6 is 22.6 Å². The van der Waals surface area contributed by atoms with Gasteiger partial charge in [0.2, 0.25) is 3.79 Å². The van der Waals surface area contributed by atoms with E-state index in [9.17, 15) is 9.59 Å². The second-order valence-electron chi connectivity index (χ2n) is 9.38. The number of nitrogens with zero attached hydrogens (tertiary/aromatic N) is 1. The first kappa shape index (κ1) is 24.6. The van der Waals surface area contributed by atoms with Crippen LogP contribution < -0.4 is 4.74 Å². The molecule has 0 saturated carbocycles. The lowest BCUT2D eigenvalue weighted by Crippen LogP contribution is -2.45. The van der Waals surface area contributed by atoms with Gasteiger partial charge < -0.3 is 14.4 Å². The third-order valence-electron chi connectivity index (χ3n) is 5.76. The molecule has 0 aromatic heterocycles. The van der Waals surface area contributed by atoms with Gasteiger partial charge in [0.15, 0.2) is 0 Å². The highest BCUT2D eigenvalue weighted by atomic mass is 127. The van der Waals surface area contributed by atoms with Crippen LogP contribution in [0.1, 0.15) is 74.1 Å². The number of hydrogen-bond donors (Lipinski definition) is 0. The Bertz CT molecular complexity index is 982. The van der Waals surface area contributed by atoms with E-state index < -0.39 is 5.60 Å². The Balaban J connectivity index is 1.79. The number of halogens is 1. The highest BCUT2D eigenvalue weighted by Crippen LogP contribution is 2.39. The normalized spacial score (nSPS) is 16.8. The van der Waals surface area contributed by atoms with Gasteiger partial charge in [0.25, 0.3) is 0 Å². The number of hydrogen-bond acceptors (Lipinski definition) is 4. The van der Waals surface area contributed by atoms with Crippen LogP contribution in [0.5, 0.6) is 5.75 Å². The molecule has 1 amide bonds. The van der Waals surface area contributed by atoms with Crippen LogP contribution in [0.15, 0.2) is 42.5 Å². The number of carbonyl (C=O) groups is 2. The van der Waals surface area contributed by atoms with Gasteiger partial charge in [-0.3, -0.25) is 4.79 Å². The molecule has 6 heteroatoms. The summed E-state index contributed by atoms with van der Waals surface area (Å²) in [7, 11) is 0. The Labute approximate surface area is 204 Å². The van der Waals surface area contributed by atoms with E-state index in [1.807, 2.05) is 56.0 Å². The molecule has 1 unspecified atom stereocenters. The molecule has 1 aliphatic heterocycles. The van der Waals surface area contributed by atoms with Crippen LogP contribution in [0.25, 0.3) is 0 Å². The van der Waals surface area contributed by atoms with Gasteiger partial charge in [-0.2, -0.15) is 0 Å². The summed E-state index contributed by atoms with van der Waals surface area (Å²) in [5.74, 6) is 1.10. The lowest BCUT2D eigenvalue weighted by molar-refractivity contribution is 0.00755. The van der Waals surface area contributed by atoms with Crippen molar-refractivity contribution in [2.75, 3.05) is 6.54 Å². The predicted octanol–water partition coefficient (Wildman–Crippen LogP) is 6.72. The van der Waals surface area contributed by atoms with Crippen molar-refractivity contribution >= 4 is 32.5 Å². The molecule has 0 fully saturated rings. The fourth-order valence-electron chi connectivity index (χ4n) is 4.04. The highest BCUT2D eigenvalue weighted by Gasteiger charge is 2.36. The molecule has 2 aromatic rings. The monoisotopic (exact) mass is 549 g/mol. The molecular weight excluding hydrogens is 517 g/mol. The van der Waals surface area contributed by atoms with Gasteiger partial charge in [-0.15, -0.1) is 0 Å². The Morgan fingerprint density at radius 1 is 1.19 bits per heavy atom. The van der Waals surface area contributed by atoms with Crippen LogP contribution in [0.2, 0.25) is 0 Å². The van der Waals surface area contributed by atoms with E-state index in [2.05, 4.69) is 26.0 Å². The van der Waals surface area contributed by atoms with Crippen molar-refractivity contribution in [2.24, 2.45) is 5.92 Å². The summed E-state index contributed by atoms with van der Waals surface area (Å²) >= 11 is 1.80. The molecule has 5 nitrogen and oxygen atoms in total. The van der Waals surface area contributed by atoms with Gasteiger partial charge in [0.05, 0.1) is 6.04 Å². The van der Waals surface area contributed by atoms with Crippen molar-refractivity contribution in [1.29, 1.82) is 0 Å². The number of fused-ring (bicyclic) bond motifs is 1. The van der Waals surface area contributed by atoms with Gasteiger partial charge in [0, 0.05) is 34.7 Å². The fourth-order valence-corrected chi connectivity index (χ4v) is 4.37. The van der Waals surface area contributed by atoms with Crippen LogP contribution in [0.3, 0.4) is 0 Å². The standard InChI is InChI=1S/C26H32INO4/c1-6-17(2)23-22-11-10-21(31-16-18-8-7-9-20(14-18)24(27)29)15-19(22)12-13-28(23)25(30)32-26(3,4)5/h7-11,14-15,17,23H,6,12-13,16H2,1-5H3/t17?,23-/m0/s1. The smallest absolute Gasteiger partial charge is 0.410 e. The van der Waals surface area contributed by atoms with Crippen molar-refractivity contribution in [3.8, 4) is 5.75 Å². The first-order valence-electron chi connectivity index (χ1n) is 11.1. The fraction of sp³-hybridized carbons (Fsp3) is 0.462. The van der Waals surface area contributed by atoms with Crippen molar-refractivity contribution < 1.29 is 19.1 Å². The predicted molar refractivity (Wildman–Crippen MR) is 134 cm³/mol. The number of carbonyl (C=O) groups excluding carboxylic acids is 2. The first-order valence-corrected chi connectivity index (χ1v) is 12.2. The number of ether oxygens (including phenoxy) is 2. The summed E-state index contributed by atoms with van der Waals surface area (Å²) in [6.07, 6.45) is 1.48. The lowest BCUT2D eigenvalue weighted by Gasteiger charge is -2.41. The molecule has 0 aliphatic carbocycles. The molecule has 0 saturated heterocycles. The molecule has 1 heterocycles. The molecule has 0 N–H and O–H groups in total. The minimum Gasteiger partial charge on any atom is -0.489 e. The molecule has 2 atom stereocenters. The van der Waals surface area contributed by atoms with Crippen LogP contribution in [-0.2, 0) is 17.8 Å². The van der Waals surface area contributed by atoms with E-state index >= 15 is 0 Å². The Kier molecular flexibility index (Phi) is 7.85. The maximum Gasteiger partial charge on any atom is 0.410 e. The van der Waals surface area contributed by atoms with Crippen LogP contribution in [0.4, 0.5) is 4.79 Å². The largest absolute Gasteiger partial charge is 0.489 e. The van der Waals surface area contributed by atoms with E-state index in [0.29, 0.717) is 24.6 Å². The van der Waals surface area contributed by atoms with Crippen LogP contribution in [0, 0.1) is 5.92 Å². The highest BCUT2D eigenvalue weighted by molar-refractivity contribution is 14.1. The van der Waals surface area contributed by atoms with E-state index in [1.165, 1.54) is 11.1 Å². The molecular formula is C26H32INO4. The average Bonchev–Trinajstić information content (AvgIpc) is 2.75. The average molecular weight is 549 g/mol. The third-order valence-corrected chi connectivity index (χ3v) is 6.38. The third kappa shape index (κ3) is 6.03. The molecule has 32 heavy (non-hydrogen) atoms. The zero-order valence-electron chi connectivity index (χ0n) is 19.5. The Hall–Kier alpha value is -2.09. The first-order chi connectivity index (χ1) is 15.1. The summed E-state index contributed by atoms with van der Waals surface area (Å²) < 4.78 is 11.7. The summed E-state index contributed by atoms with van der Waals surface area (Å²) in [5.41, 5.74) is 3.49. The quantitative estimate of drug-likeness (QED) is 0.297. The summed E-state index contributed by atoms with van der Waals surface area (Å²) in [4.78, 5) is 26.4. The van der Waals surface area contributed by atoms with E-state index in [-0.39, 0.29) is 15.9 Å². The van der Waals surface area contributed by atoms with E-state index in [4.69, 9.17) is 9.47 Å². The maximum absolute atomic E-state index is 12.9. The van der Waals surface area contributed by atoms with Crippen LogP contribution in [-0.4, -0.2) is 26.9 Å². The summed E-state index contributed by atoms with van der Waals surface area (Å²) in [6.45, 7) is 11.1. The molecule has 0 bridgehead atoms. The van der Waals surface area contributed by atoms with Crippen molar-refractivity contribution in [3.05, 3.63) is 64.7 Å². The molecule has 0 spiro atoms. The summed E-state index contributed by atoms with van der Waals surface area (Å²) in [5, 5.41) is 0. The SMILES string of the molecule is CCC(C)[C@H]1c2ccc(OCc3cccc(C(=O)I)c3)cc2CCN1C(=O)OC(C)(C)C. The van der Waals surface area contributed by atoms with Crippen molar-refractivity contribution in [2.45, 2.75) is 65.7 Å². The van der Waals surface area contributed by atoms with Gasteiger partial charge >= 0.3 is 6.09 Å². The van der Waals surface area contributed by atoms with Gasteiger partial charge in [0.1, 0.15) is 18.0 Å².